The van der Waals surface area contributed by atoms with Gasteiger partial charge in [0.25, 0.3) is 0 Å². The second-order valence-electron chi connectivity index (χ2n) is 2.19. The van der Waals surface area contributed by atoms with E-state index in [1.165, 1.54) is 7.11 Å². The van der Waals surface area contributed by atoms with Crippen LogP contribution in [0.25, 0.3) is 0 Å². The second-order valence-corrected chi connectivity index (χ2v) is 2.81. The Morgan fingerprint density at radius 3 is 2.70 bits per heavy atom. The van der Waals surface area contributed by atoms with E-state index in [0.29, 0.717) is 6.42 Å². The predicted molar refractivity (Wildman–Crippen MR) is 40.8 cm³/mol. The molecular formula is C5H8BNO2S. The highest BCUT2D eigenvalue weighted by Gasteiger charge is 2.33. The Morgan fingerprint density at radius 2 is 2.50 bits per heavy atom. The summed E-state index contributed by atoms with van der Waals surface area (Å²) >= 11 is 4.01. The molecule has 0 aromatic carbocycles. The van der Waals surface area contributed by atoms with Gasteiger partial charge < -0.3 is 9.55 Å². The van der Waals surface area contributed by atoms with Crippen LogP contribution in [0.1, 0.15) is 6.42 Å². The zero-order chi connectivity index (χ0) is 7.72. The first-order chi connectivity index (χ1) is 4.66. The third kappa shape index (κ3) is 1.15. The van der Waals surface area contributed by atoms with Crippen LogP contribution in [0.4, 0.5) is 0 Å². The van der Waals surface area contributed by atoms with Crippen molar-refractivity contribution in [1.82, 2.24) is 4.81 Å². The molecule has 0 spiro atoms. The standard InChI is InChI=1S/C5H8BNO2S/c1-9-4-2-3(10)5(8)7(4)6/h3-4,10H,2H2,1H3. The van der Waals surface area contributed by atoms with Crippen molar-refractivity contribution in [2.24, 2.45) is 0 Å². The molecule has 5 heteroatoms. The number of hydrogen-bond donors (Lipinski definition) is 1. The molecule has 1 aliphatic rings. The van der Waals surface area contributed by atoms with E-state index < -0.39 is 0 Å². The van der Waals surface area contributed by atoms with Gasteiger partial charge in [-0.25, -0.2) is 0 Å². The zero-order valence-electron chi connectivity index (χ0n) is 5.65. The van der Waals surface area contributed by atoms with Crippen LogP contribution in [0, 0.1) is 0 Å². The van der Waals surface area contributed by atoms with Crippen LogP contribution < -0.4 is 0 Å². The molecule has 0 N–H and O–H groups in total. The Hall–Kier alpha value is -0.155. The molecule has 2 atom stereocenters. The number of methoxy groups -OCH3 is 1. The van der Waals surface area contributed by atoms with Crippen LogP contribution in [0.3, 0.4) is 0 Å². The van der Waals surface area contributed by atoms with Gasteiger partial charge in [0.2, 0.25) is 13.9 Å². The number of amides is 1. The highest BCUT2D eigenvalue weighted by molar-refractivity contribution is 7.81. The van der Waals surface area contributed by atoms with Crippen LogP contribution in [0.5, 0.6) is 0 Å². The summed E-state index contributed by atoms with van der Waals surface area (Å²) in [6.07, 6.45) is 0.268. The minimum atomic E-state index is -0.296. The molecule has 54 valence electrons. The highest BCUT2D eigenvalue weighted by Crippen LogP contribution is 2.20. The smallest absolute Gasteiger partial charge is 0.233 e. The molecule has 1 amide bonds. The normalized spacial score (nSPS) is 33.4. The van der Waals surface area contributed by atoms with Crippen LogP contribution >= 0.6 is 12.6 Å². The quantitative estimate of drug-likeness (QED) is 0.413. The third-order valence-corrected chi connectivity index (χ3v) is 1.98. The van der Waals surface area contributed by atoms with Crippen molar-refractivity contribution in [3.8, 4) is 0 Å². The van der Waals surface area contributed by atoms with Crippen LogP contribution in [0.2, 0.25) is 0 Å². The fourth-order valence-electron chi connectivity index (χ4n) is 0.929. The van der Waals surface area contributed by atoms with Gasteiger partial charge in [0, 0.05) is 13.5 Å². The van der Waals surface area contributed by atoms with E-state index in [-0.39, 0.29) is 17.4 Å². The summed E-state index contributed by atoms with van der Waals surface area (Å²) < 4.78 is 4.90. The first-order valence-corrected chi connectivity index (χ1v) is 3.47. The maximum Gasteiger partial charge on any atom is 0.233 e. The molecule has 10 heavy (non-hydrogen) atoms. The van der Waals surface area contributed by atoms with Crippen molar-refractivity contribution in [1.29, 1.82) is 0 Å². The monoisotopic (exact) mass is 157 g/mol. The molecule has 2 radical (unpaired) electrons. The number of carbonyl (C=O) groups is 1. The second kappa shape index (κ2) is 2.84. The Bertz CT molecular complexity index is 155. The van der Waals surface area contributed by atoms with E-state index in [0.717, 1.165) is 4.81 Å². The molecule has 0 aromatic heterocycles. The van der Waals surface area contributed by atoms with E-state index in [4.69, 9.17) is 12.7 Å². The van der Waals surface area contributed by atoms with Crippen molar-refractivity contribution in [2.45, 2.75) is 17.9 Å². The first-order valence-electron chi connectivity index (χ1n) is 2.95. The molecule has 1 aliphatic heterocycles. The van der Waals surface area contributed by atoms with E-state index >= 15 is 0 Å². The fraction of sp³-hybridized carbons (Fsp3) is 0.800. The molecule has 0 bridgehead atoms. The summed E-state index contributed by atoms with van der Waals surface area (Å²) in [7, 11) is 6.85. The van der Waals surface area contributed by atoms with E-state index in [2.05, 4.69) is 12.6 Å². The van der Waals surface area contributed by atoms with Crippen molar-refractivity contribution >= 4 is 26.5 Å². The lowest BCUT2D eigenvalue weighted by atomic mass is 10.3. The predicted octanol–water partition coefficient (Wildman–Crippen LogP) is -0.427. The summed E-state index contributed by atoms with van der Waals surface area (Å²) in [6, 6.07) is 0. The fourth-order valence-corrected chi connectivity index (χ4v) is 1.24. The van der Waals surface area contributed by atoms with Gasteiger partial charge in [0.1, 0.15) is 6.23 Å². The van der Waals surface area contributed by atoms with Gasteiger partial charge >= 0.3 is 0 Å². The van der Waals surface area contributed by atoms with Gasteiger partial charge in [0.05, 0.1) is 5.25 Å². The summed E-state index contributed by atoms with van der Waals surface area (Å²) in [4.78, 5) is 12.0. The molecule has 1 heterocycles. The van der Waals surface area contributed by atoms with E-state index in [9.17, 15) is 4.79 Å². The Labute approximate surface area is 66.6 Å². The molecule has 0 saturated carbocycles. The SMILES string of the molecule is [B]N1C(=O)C(S)CC1OC. The van der Waals surface area contributed by atoms with Gasteiger partial charge in [-0.1, -0.05) is 0 Å². The van der Waals surface area contributed by atoms with Crippen LogP contribution in [-0.2, 0) is 9.53 Å². The minimum absolute atomic E-state index is 0.171. The molecular weight excluding hydrogens is 149 g/mol. The zero-order valence-corrected chi connectivity index (χ0v) is 6.54. The number of nitrogens with zero attached hydrogens (tertiary/aromatic N) is 1. The van der Waals surface area contributed by atoms with Crippen molar-refractivity contribution in [3.63, 3.8) is 0 Å². The summed E-state index contributed by atoms with van der Waals surface area (Å²) in [5.41, 5.74) is 0. The minimum Gasteiger partial charge on any atom is -0.372 e. The number of ether oxygens (including phenoxy) is 1. The average Bonchev–Trinajstić information content (AvgIpc) is 2.17. The topological polar surface area (TPSA) is 29.5 Å². The van der Waals surface area contributed by atoms with Gasteiger partial charge in [0.15, 0.2) is 0 Å². The van der Waals surface area contributed by atoms with Crippen molar-refractivity contribution in [2.75, 3.05) is 7.11 Å². The highest BCUT2D eigenvalue weighted by atomic mass is 32.1. The molecule has 2 unspecified atom stereocenters. The summed E-state index contributed by atoms with van der Waals surface area (Å²) in [5.74, 6) is -0.171. The number of hydrogen-bond acceptors (Lipinski definition) is 3. The van der Waals surface area contributed by atoms with Crippen molar-refractivity contribution in [3.05, 3.63) is 0 Å². The number of carbonyl (C=O) groups excluding carboxylic acids is 1. The summed E-state index contributed by atoms with van der Waals surface area (Å²) in [6.45, 7) is 0. The maximum absolute atomic E-state index is 10.9. The first kappa shape index (κ1) is 7.95. The molecule has 0 aromatic rings. The number of thiol groups is 1. The Morgan fingerprint density at radius 1 is 1.90 bits per heavy atom. The largest absolute Gasteiger partial charge is 0.372 e. The summed E-state index contributed by atoms with van der Waals surface area (Å²) in [5, 5.41) is -0.296. The Balaban J connectivity index is 2.61. The van der Waals surface area contributed by atoms with Gasteiger partial charge in [-0.2, -0.15) is 12.6 Å². The number of rotatable bonds is 1. The maximum atomic E-state index is 10.9. The molecule has 1 rings (SSSR count). The van der Waals surface area contributed by atoms with Gasteiger partial charge in [-0.15, -0.1) is 0 Å². The van der Waals surface area contributed by atoms with Gasteiger partial charge in [-0.3, -0.25) is 4.79 Å². The van der Waals surface area contributed by atoms with E-state index in [1.807, 2.05) is 0 Å². The molecule has 1 fully saturated rings. The Kier molecular flexibility index (Phi) is 2.26. The van der Waals surface area contributed by atoms with Gasteiger partial charge in [-0.05, 0) is 0 Å². The molecule has 1 saturated heterocycles. The molecule has 3 nitrogen and oxygen atoms in total. The van der Waals surface area contributed by atoms with Crippen molar-refractivity contribution < 1.29 is 9.53 Å². The lowest BCUT2D eigenvalue weighted by Gasteiger charge is -2.17. The lowest BCUT2D eigenvalue weighted by Crippen LogP contribution is -2.32. The van der Waals surface area contributed by atoms with Crippen LogP contribution in [-0.4, -0.2) is 37.3 Å². The van der Waals surface area contributed by atoms with E-state index in [1.54, 1.807) is 0 Å². The lowest BCUT2D eigenvalue weighted by molar-refractivity contribution is -0.127. The third-order valence-electron chi connectivity index (χ3n) is 1.55. The van der Waals surface area contributed by atoms with Crippen LogP contribution in [0.15, 0.2) is 0 Å². The average molecular weight is 157 g/mol. The molecule has 0 aliphatic carbocycles.